The molecule has 27 heavy (non-hydrogen) atoms. The Morgan fingerprint density at radius 2 is 2.30 bits per heavy atom. The summed E-state index contributed by atoms with van der Waals surface area (Å²) in [6.07, 6.45) is 1.99. The molecule has 1 saturated heterocycles. The summed E-state index contributed by atoms with van der Waals surface area (Å²) in [5, 5.41) is 14.7. The van der Waals surface area contributed by atoms with Gasteiger partial charge in [0.25, 0.3) is 0 Å². The average molecular weight is 388 g/mol. The van der Waals surface area contributed by atoms with Gasteiger partial charge < -0.3 is 16.2 Å². The summed E-state index contributed by atoms with van der Waals surface area (Å²) in [6.45, 7) is 2.67. The fourth-order valence-electron chi connectivity index (χ4n) is 3.26. The predicted octanol–water partition coefficient (Wildman–Crippen LogP) is 2.88. The smallest absolute Gasteiger partial charge is 0.224 e. The Labute approximate surface area is 160 Å². The van der Waals surface area contributed by atoms with Crippen LogP contribution in [0.3, 0.4) is 0 Å². The van der Waals surface area contributed by atoms with Crippen LogP contribution in [0.4, 0.5) is 15.3 Å². The van der Waals surface area contributed by atoms with E-state index in [-0.39, 0.29) is 12.6 Å². The minimum atomic E-state index is -0.997. The topological polar surface area (TPSA) is 100 Å². The second kappa shape index (κ2) is 7.34. The molecule has 142 valence electrons. The van der Waals surface area contributed by atoms with Crippen molar-refractivity contribution in [2.75, 3.05) is 24.1 Å². The van der Waals surface area contributed by atoms with E-state index in [4.69, 9.17) is 5.73 Å². The van der Waals surface area contributed by atoms with Gasteiger partial charge in [-0.1, -0.05) is 6.07 Å². The highest BCUT2D eigenvalue weighted by molar-refractivity contribution is 7.22. The van der Waals surface area contributed by atoms with Crippen molar-refractivity contribution in [2.24, 2.45) is 0 Å². The van der Waals surface area contributed by atoms with Gasteiger partial charge >= 0.3 is 0 Å². The summed E-state index contributed by atoms with van der Waals surface area (Å²) in [5.74, 6) is 0.390. The SMILES string of the molecule is C[C@H](Nc1nc(C(O)N2CC[C@@H](F)C2)c2sc(N)cc2n1)c1cccnc1. The molecule has 0 saturated carbocycles. The number of fused-ring (bicyclic) bond motifs is 1. The van der Waals surface area contributed by atoms with Crippen molar-refractivity contribution in [3.63, 3.8) is 0 Å². The van der Waals surface area contributed by atoms with Crippen LogP contribution < -0.4 is 11.1 Å². The van der Waals surface area contributed by atoms with Crippen LogP contribution >= 0.6 is 11.3 Å². The van der Waals surface area contributed by atoms with Gasteiger partial charge in [-0.05, 0) is 31.0 Å². The van der Waals surface area contributed by atoms with Crippen LogP contribution in [0.5, 0.6) is 0 Å². The molecule has 9 heteroatoms. The van der Waals surface area contributed by atoms with Crippen molar-refractivity contribution in [3.8, 4) is 0 Å². The molecule has 1 fully saturated rings. The highest BCUT2D eigenvalue weighted by Gasteiger charge is 2.30. The zero-order chi connectivity index (χ0) is 19.0. The molecular formula is C18H21FN6OS. The standard InChI is InChI=1S/C18H21FN6OS/c1-10(11-3-2-5-21-8-11)22-18-23-13-7-14(20)27-16(13)15(24-18)17(26)25-6-4-12(19)9-25/h2-3,5,7-8,10,12,17,26H,4,6,9,20H2,1H3,(H,22,23,24)/t10-,12+,17?/m0/s1. The molecule has 1 unspecified atom stereocenters. The fraction of sp³-hybridized carbons (Fsp3) is 0.389. The third-order valence-electron chi connectivity index (χ3n) is 4.70. The minimum absolute atomic E-state index is 0.0702. The molecule has 0 spiro atoms. The Morgan fingerprint density at radius 1 is 1.44 bits per heavy atom. The number of aliphatic hydroxyl groups excluding tert-OH is 1. The Kier molecular flexibility index (Phi) is 4.90. The van der Waals surface area contributed by atoms with Crippen LogP contribution in [0.2, 0.25) is 0 Å². The zero-order valence-electron chi connectivity index (χ0n) is 14.8. The van der Waals surface area contributed by atoms with E-state index in [2.05, 4.69) is 20.3 Å². The quantitative estimate of drug-likeness (QED) is 0.618. The number of pyridine rings is 1. The molecular weight excluding hydrogens is 367 g/mol. The van der Waals surface area contributed by atoms with E-state index >= 15 is 0 Å². The molecule has 3 atom stereocenters. The first-order chi connectivity index (χ1) is 13.0. The number of aromatic nitrogens is 3. The lowest BCUT2D eigenvalue weighted by atomic mass is 10.1. The summed E-state index contributed by atoms with van der Waals surface area (Å²) < 4.78 is 14.3. The van der Waals surface area contributed by atoms with Gasteiger partial charge in [0.15, 0.2) is 6.23 Å². The Balaban J connectivity index is 1.68. The van der Waals surface area contributed by atoms with Gasteiger partial charge in [-0.15, -0.1) is 11.3 Å². The number of aliphatic hydroxyl groups is 1. The second-order valence-corrected chi connectivity index (χ2v) is 7.79. The number of anilines is 2. The molecule has 0 aliphatic carbocycles. The second-order valence-electron chi connectivity index (χ2n) is 6.70. The molecule has 0 radical (unpaired) electrons. The van der Waals surface area contributed by atoms with E-state index in [1.807, 2.05) is 19.1 Å². The summed E-state index contributed by atoms with van der Waals surface area (Å²) in [7, 11) is 0. The van der Waals surface area contributed by atoms with E-state index in [1.165, 1.54) is 11.3 Å². The lowest BCUT2D eigenvalue weighted by Gasteiger charge is -2.23. The number of halogens is 1. The van der Waals surface area contributed by atoms with Crippen LogP contribution in [-0.2, 0) is 0 Å². The third-order valence-corrected chi connectivity index (χ3v) is 5.68. The van der Waals surface area contributed by atoms with Gasteiger partial charge in [0, 0.05) is 25.5 Å². The van der Waals surface area contributed by atoms with Crippen LogP contribution in [-0.4, -0.2) is 44.2 Å². The monoisotopic (exact) mass is 388 g/mol. The number of likely N-dealkylation sites (tertiary alicyclic amines) is 1. The van der Waals surface area contributed by atoms with Crippen molar-refractivity contribution in [1.82, 2.24) is 19.9 Å². The van der Waals surface area contributed by atoms with E-state index in [0.717, 1.165) is 10.3 Å². The Hall–Kier alpha value is -2.36. The van der Waals surface area contributed by atoms with Gasteiger partial charge in [0.1, 0.15) is 11.9 Å². The number of thiophene rings is 1. The van der Waals surface area contributed by atoms with E-state index < -0.39 is 12.4 Å². The number of nitrogen functional groups attached to an aromatic ring is 1. The van der Waals surface area contributed by atoms with Crippen LogP contribution in [0.1, 0.15) is 36.9 Å². The summed E-state index contributed by atoms with van der Waals surface area (Å²) in [4.78, 5) is 14.9. The molecule has 4 N–H and O–H groups in total. The molecule has 1 aliphatic rings. The van der Waals surface area contributed by atoms with Crippen molar-refractivity contribution in [1.29, 1.82) is 0 Å². The largest absolute Gasteiger partial charge is 0.391 e. The predicted molar refractivity (Wildman–Crippen MR) is 104 cm³/mol. The molecule has 3 aromatic heterocycles. The molecule has 3 aromatic rings. The Bertz CT molecular complexity index is 936. The maximum Gasteiger partial charge on any atom is 0.224 e. The van der Waals surface area contributed by atoms with Gasteiger partial charge in [0.05, 0.1) is 21.3 Å². The lowest BCUT2D eigenvalue weighted by Crippen LogP contribution is -2.27. The number of nitrogens with two attached hydrogens (primary N) is 1. The van der Waals surface area contributed by atoms with Crippen molar-refractivity contribution < 1.29 is 9.50 Å². The third kappa shape index (κ3) is 3.71. The number of alkyl halides is 1. The number of rotatable bonds is 5. The highest BCUT2D eigenvalue weighted by atomic mass is 32.1. The van der Waals surface area contributed by atoms with Crippen molar-refractivity contribution in [2.45, 2.75) is 31.8 Å². The number of nitrogens with one attached hydrogen (secondary N) is 1. The minimum Gasteiger partial charge on any atom is -0.391 e. The molecule has 0 amide bonds. The molecule has 4 heterocycles. The first kappa shape index (κ1) is 18.0. The van der Waals surface area contributed by atoms with Gasteiger partial charge in [-0.2, -0.15) is 0 Å². The summed E-state index contributed by atoms with van der Waals surface area (Å²) in [5.41, 5.74) is 8.06. The number of hydrogen-bond acceptors (Lipinski definition) is 8. The van der Waals surface area contributed by atoms with Crippen molar-refractivity contribution >= 4 is 32.5 Å². The first-order valence-electron chi connectivity index (χ1n) is 8.81. The van der Waals surface area contributed by atoms with Gasteiger partial charge in [-0.3, -0.25) is 9.88 Å². The van der Waals surface area contributed by atoms with Crippen LogP contribution in [0, 0.1) is 0 Å². The van der Waals surface area contributed by atoms with Gasteiger partial charge in [0.2, 0.25) is 5.95 Å². The fourth-order valence-corrected chi connectivity index (χ4v) is 4.13. The lowest BCUT2D eigenvalue weighted by molar-refractivity contribution is 0.0130. The summed E-state index contributed by atoms with van der Waals surface area (Å²) in [6, 6.07) is 5.53. The Morgan fingerprint density at radius 3 is 3.00 bits per heavy atom. The molecule has 4 rings (SSSR count). The molecule has 7 nitrogen and oxygen atoms in total. The first-order valence-corrected chi connectivity index (χ1v) is 9.62. The normalized spacial score (nSPS) is 20.0. The van der Waals surface area contributed by atoms with Crippen LogP contribution in [0.25, 0.3) is 10.2 Å². The molecule has 0 bridgehead atoms. The maximum absolute atomic E-state index is 13.6. The number of hydrogen-bond donors (Lipinski definition) is 3. The van der Waals surface area contributed by atoms with E-state index in [0.29, 0.717) is 35.1 Å². The number of nitrogens with zero attached hydrogens (tertiary/aromatic N) is 4. The zero-order valence-corrected chi connectivity index (χ0v) is 15.7. The van der Waals surface area contributed by atoms with Gasteiger partial charge in [-0.25, -0.2) is 14.4 Å². The van der Waals surface area contributed by atoms with Crippen LogP contribution in [0.15, 0.2) is 30.6 Å². The average Bonchev–Trinajstić information content (AvgIpc) is 3.26. The molecule has 1 aliphatic heterocycles. The van der Waals surface area contributed by atoms with E-state index in [9.17, 15) is 9.50 Å². The molecule has 0 aromatic carbocycles. The van der Waals surface area contributed by atoms with Crippen molar-refractivity contribution in [3.05, 3.63) is 41.9 Å². The maximum atomic E-state index is 13.6. The summed E-state index contributed by atoms with van der Waals surface area (Å²) >= 11 is 1.33. The highest BCUT2D eigenvalue weighted by Crippen LogP contribution is 2.35. The van der Waals surface area contributed by atoms with E-state index in [1.54, 1.807) is 23.4 Å².